The number of hydrogen-bond donors (Lipinski definition) is 1. The summed E-state index contributed by atoms with van der Waals surface area (Å²) in [5.41, 5.74) is 0.877. The second-order valence-corrected chi connectivity index (χ2v) is 10.8. The van der Waals surface area contributed by atoms with Crippen molar-refractivity contribution in [3.8, 4) is 0 Å². The van der Waals surface area contributed by atoms with Gasteiger partial charge in [0.05, 0.1) is 20.2 Å². The molecule has 3 heterocycles. The van der Waals surface area contributed by atoms with E-state index < -0.39 is 10.0 Å². The average molecular weight is 404 g/mol. The van der Waals surface area contributed by atoms with Crippen LogP contribution in [0.4, 0.5) is 5.13 Å². The first-order chi connectivity index (χ1) is 11.4. The number of carbonyl (C=O) groups is 1. The minimum absolute atomic E-state index is 0.199. The van der Waals surface area contributed by atoms with Gasteiger partial charge in [-0.2, -0.15) is 4.31 Å². The molecule has 2 aliphatic rings. The molecule has 0 saturated heterocycles. The number of sulfonamides is 1. The molecule has 2 aromatic heterocycles. The van der Waals surface area contributed by atoms with Gasteiger partial charge in [0.1, 0.15) is 0 Å². The average Bonchev–Trinajstić information content (AvgIpc) is 3.20. The van der Waals surface area contributed by atoms with Crippen LogP contribution in [-0.2, 0) is 23.0 Å². The van der Waals surface area contributed by atoms with Crippen LogP contribution in [0.3, 0.4) is 0 Å². The van der Waals surface area contributed by atoms with E-state index in [0.717, 1.165) is 23.4 Å². The molecule has 4 rings (SSSR count). The molecule has 128 valence electrons. The number of thiophene rings is 1. The van der Waals surface area contributed by atoms with Gasteiger partial charge in [-0.25, -0.2) is 13.4 Å². The monoisotopic (exact) mass is 403 g/mol. The molecule has 0 atom stereocenters. The highest BCUT2D eigenvalue weighted by molar-refractivity contribution is 7.90. The molecular formula is C14H14ClN3O3S3. The maximum absolute atomic E-state index is 12.4. The molecule has 0 bridgehead atoms. The third kappa shape index (κ3) is 3.11. The largest absolute Gasteiger partial charge is 0.297 e. The summed E-state index contributed by atoms with van der Waals surface area (Å²) in [6.07, 6.45) is 2.11. The van der Waals surface area contributed by atoms with Crippen LogP contribution in [0, 0.1) is 0 Å². The van der Waals surface area contributed by atoms with Gasteiger partial charge in [0.25, 0.3) is 5.91 Å². The molecule has 0 radical (unpaired) electrons. The summed E-state index contributed by atoms with van der Waals surface area (Å²) >= 11 is 8.39. The molecule has 2 aromatic rings. The maximum atomic E-state index is 12.4. The zero-order chi connectivity index (χ0) is 16.9. The van der Waals surface area contributed by atoms with Crippen molar-refractivity contribution in [1.29, 1.82) is 0 Å². The third-order valence-electron chi connectivity index (χ3n) is 4.02. The predicted octanol–water partition coefficient (Wildman–Crippen LogP) is 2.96. The number of aromatic nitrogens is 1. The van der Waals surface area contributed by atoms with Crippen molar-refractivity contribution >= 4 is 55.3 Å². The van der Waals surface area contributed by atoms with Crippen LogP contribution in [0.25, 0.3) is 0 Å². The SMILES string of the molecule is O=C(Nc1nc2c(s1)CN(S(=O)(=O)C1CC1)CC2)c1ccc(Cl)s1. The quantitative estimate of drug-likeness (QED) is 0.851. The number of nitrogens with one attached hydrogen (secondary N) is 1. The summed E-state index contributed by atoms with van der Waals surface area (Å²) in [6, 6.07) is 3.34. The first-order valence-corrected chi connectivity index (χ1v) is 11.0. The van der Waals surface area contributed by atoms with Gasteiger partial charge in [-0.05, 0) is 25.0 Å². The fourth-order valence-corrected chi connectivity index (χ4v) is 6.46. The van der Waals surface area contributed by atoms with E-state index in [-0.39, 0.29) is 11.2 Å². The standard InChI is InChI=1S/C14H14ClN3O3S3/c15-12-4-3-10(22-12)13(19)17-14-16-9-5-6-18(7-11(9)23-14)24(20,21)8-1-2-8/h3-4,8H,1-2,5-7H2,(H,16,17,19). The topological polar surface area (TPSA) is 79.4 Å². The van der Waals surface area contributed by atoms with Crippen LogP contribution < -0.4 is 5.32 Å². The minimum atomic E-state index is -3.17. The summed E-state index contributed by atoms with van der Waals surface area (Å²) in [4.78, 5) is 18.0. The second-order valence-electron chi connectivity index (χ2n) is 5.77. The highest BCUT2D eigenvalue weighted by Crippen LogP contribution is 2.35. The minimum Gasteiger partial charge on any atom is -0.297 e. The first-order valence-electron chi connectivity index (χ1n) is 7.48. The fourth-order valence-electron chi connectivity index (χ4n) is 2.61. The molecule has 0 spiro atoms. The Morgan fingerprint density at radius 3 is 2.79 bits per heavy atom. The molecule has 0 aromatic carbocycles. The van der Waals surface area contributed by atoms with Crippen LogP contribution in [-0.4, -0.2) is 35.4 Å². The lowest BCUT2D eigenvalue weighted by Crippen LogP contribution is -2.37. The van der Waals surface area contributed by atoms with Gasteiger partial charge in [0, 0.05) is 24.4 Å². The van der Waals surface area contributed by atoms with Crippen LogP contribution in [0.1, 0.15) is 33.1 Å². The fraction of sp³-hybridized carbons (Fsp3) is 0.429. The molecule has 6 nitrogen and oxygen atoms in total. The number of amides is 1. The number of hydrogen-bond acceptors (Lipinski definition) is 6. The lowest BCUT2D eigenvalue weighted by Gasteiger charge is -2.25. The summed E-state index contributed by atoms with van der Waals surface area (Å²) < 4.78 is 26.8. The lowest BCUT2D eigenvalue weighted by molar-refractivity contribution is 0.103. The van der Waals surface area contributed by atoms with Gasteiger partial charge >= 0.3 is 0 Å². The summed E-state index contributed by atoms with van der Waals surface area (Å²) in [6.45, 7) is 0.815. The molecule has 1 saturated carbocycles. The van der Waals surface area contributed by atoms with Crippen molar-refractivity contribution in [3.63, 3.8) is 0 Å². The van der Waals surface area contributed by atoms with Crippen molar-refractivity contribution in [1.82, 2.24) is 9.29 Å². The molecular weight excluding hydrogens is 390 g/mol. The van der Waals surface area contributed by atoms with E-state index in [0.29, 0.717) is 33.9 Å². The molecule has 1 fully saturated rings. The van der Waals surface area contributed by atoms with Gasteiger partial charge in [-0.3, -0.25) is 10.1 Å². The Bertz CT molecular complexity index is 902. The van der Waals surface area contributed by atoms with Crippen LogP contribution >= 0.6 is 34.3 Å². The Morgan fingerprint density at radius 2 is 2.12 bits per heavy atom. The first kappa shape index (κ1) is 16.5. The van der Waals surface area contributed by atoms with E-state index in [4.69, 9.17) is 11.6 Å². The number of anilines is 1. The number of nitrogens with zero attached hydrogens (tertiary/aromatic N) is 2. The molecule has 1 N–H and O–H groups in total. The van der Waals surface area contributed by atoms with Crippen molar-refractivity contribution in [3.05, 3.63) is 31.9 Å². The van der Waals surface area contributed by atoms with E-state index in [9.17, 15) is 13.2 Å². The highest BCUT2D eigenvalue weighted by Gasteiger charge is 2.41. The highest BCUT2D eigenvalue weighted by atomic mass is 35.5. The number of fused-ring (bicyclic) bond motifs is 1. The van der Waals surface area contributed by atoms with E-state index in [2.05, 4.69) is 10.3 Å². The number of carbonyl (C=O) groups excluding carboxylic acids is 1. The zero-order valence-electron chi connectivity index (χ0n) is 12.5. The maximum Gasteiger partial charge on any atom is 0.267 e. The van der Waals surface area contributed by atoms with Gasteiger partial charge in [0.15, 0.2) is 5.13 Å². The Hall–Kier alpha value is -1.000. The smallest absolute Gasteiger partial charge is 0.267 e. The van der Waals surface area contributed by atoms with Gasteiger partial charge in [-0.15, -0.1) is 22.7 Å². The van der Waals surface area contributed by atoms with Crippen molar-refractivity contribution in [2.45, 2.75) is 31.1 Å². The number of rotatable bonds is 4. The molecule has 1 aliphatic heterocycles. The zero-order valence-corrected chi connectivity index (χ0v) is 15.7. The van der Waals surface area contributed by atoms with Crippen LogP contribution in [0.15, 0.2) is 12.1 Å². The van der Waals surface area contributed by atoms with E-state index in [1.807, 2.05) is 0 Å². The molecule has 0 unspecified atom stereocenters. The lowest BCUT2D eigenvalue weighted by atomic mass is 10.2. The van der Waals surface area contributed by atoms with Crippen LogP contribution in [0.5, 0.6) is 0 Å². The Balaban J connectivity index is 1.49. The second kappa shape index (κ2) is 6.06. The normalized spacial score (nSPS) is 18.4. The van der Waals surface area contributed by atoms with Crippen molar-refractivity contribution < 1.29 is 13.2 Å². The van der Waals surface area contributed by atoms with E-state index in [1.165, 1.54) is 22.7 Å². The number of halogens is 1. The summed E-state index contributed by atoms with van der Waals surface area (Å²) in [7, 11) is -3.17. The Kier molecular flexibility index (Phi) is 4.16. The van der Waals surface area contributed by atoms with Crippen molar-refractivity contribution in [2.75, 3.05) is 11.9 Å². The molecule has 1 aliphatic carbocycles. The van der Waals surface area contributed by atoms with Gasteiger partial charge in [-0.1, -0.05) is 11.6 Å². The van der Waals surface area contributed by atoms with Crippen molar-refractivity contribution in [2.24, 2.45) is 0 Å². The molecule has 1 amide bonds. The predicted molar refractivity (Wildman–Crippen MR) is 95.5 cm³/mol. The summed E-state index contributed by atoms with van der Waals surface area (Å²) in [5, 5.41) is 3.07. The Morgan fingerprint density at radius 1 is 1.33 bits per heavy atom. The molecule has 10 heteroatoms. The van der Waals surface area contributed by atoms with Crippen LogP contribution in [0.2, 0.25) is 4.34 Å². The molecule has 24 heavy (non-hydrogen) atoms. The van der Waals surface area contributed by atoms with E-state index >= 15 is 0 Å². The Labute approximate surface area is 152 Å². The number of thiazole rings is 1. The van der Waals surface area contributed by atoms with E-state index in [1.54, 1.807) is 16.4 Å². The van der Waals surface area contributed by atoms with Gasteiger partial charge in [0.2, 0.25) is 10.0 Å². The van der Waals surface area contributed by atoms with Gasteiger partial charge < -0.3 is 0 Å². The summed E-state index contributed by atoms with van der Waals surface area (Å²) in [5.74, 6) is -0.250. The third-order valence-corrected chi connectivity index (χ3v) is 8.59.